The summed E-state index contributed by atoms with van der Waals surface area (Å²) in [5.41, 5.74) is 0. The molecule has 0 aliphatic rings. The van der Waals surface area contributed by atoms with Gasteiger partial charge in [0.2, 0.25) is 0 Å². The predicted molar refractivity (Wildman–Crippen MR) is 7.98 cm³/mol. The second kappa shape index (κ2) is 15.9. The Morgan fingerprint density at radius 1 is 1.25 bits per heavy atom. The maximum atomic E-state index is 0. The third-order valence-electron chi connectivity index (χ3n) is 0. The summed E-state index contributed by atoms with van der Waals surface area (Å²) < 4.78 is 0. The normalized spacial score (nSPS) is 0. The van der Waals surface area contributed by atoms with E-state index in [-0.39, 0.29) is 179 Å². The second-order valence-corrected chi connectivity index (χ2v) is 0. The van der Waals surface area contributed by atoms with Crippen molar-refractivity contribution in [3.63, 3.8) is 0 Å². The monoisotopic (exact) mass is 614 g/mol. The van der Waals surface area contributed by atoms with Crippen molar-refractivity contribution in [1.29, 1.82) is 0 Å². The molecule has 0 heterocycles. The van der Waals surface area contributed by atoms with Gasteiger partial charge in [0.25, 0.3) is 0 Å². The van der Waals surface area contributed by atoms with Crippen LogP contribution in [0.3, 0.4) is 0 Å². The van der Waals surface area contributed by atoms with E-state index in [0.29, 0.717) is 0 Å². The van der Waals surface area contributed by atoms with Crippen LogP contribution < -0.4 is 0 Å². The van der Waals surface area contributed by atoms with Crippen LogP contribution in [0.1, 0.15) is 2.85 Å². The standard InChI is InChI=1S/Ba.Gd.Nd.Yb.2H/q+2;;;;2*-1. The second-order valence-electron chi connectivity index (χ2n) is 0. The molecule has 0 fully saturated rings. The third kappa shape index (κ3) is 10.7. The summed E-state index contributed by atoms with van der Waals surface area (Å²) in [4.78, 5) is 0. The van der Waals surface area contributed by atoms with E-state index in [1.807, 2.05) is 0 Å². The Morgan fingerprint density at radius 2 is 1.25 bits per heavy atom. The molecule has 0 aliphatic carbocycles. The van der Waals surface area contributed by atoms with Gasteiger partial charge >= 0.3 is 48.9 Å². The zero-order chi connectivity index (χ0) is 0. The quantitative estimate of drug-likeness (QED) is 0.334. The van der Waals surface area contributed by atoms with Crippen LogP contribution in [-0.2, 0) is 0 Å². The maximum Gasteiger partial charge on any atom is 2.00 e. The molecule has 0 aromatic heterocycles. The summed E-state index contributed by atoms with van der Waals surface area (Å²) in [5, 5.41) is 0. The van der Waals surface area contributed by atoms with Crippen LogP contribution in [0, 0.1) is 128 Å². The molecule has 0 unspecified atom stereocenters. The summed E-state index contributed by atoms with van der Waals surface area (Å²) in [6.45, 7) is 0. The molecule has 0 saturated heterocycles. The van der Waals surface area contributed by atoms with Crippen molar-refractivity contribution >= 4 is 48.9 Å². The van der Waals surface area contributed by atoms with Crippen molar-refractivity contribution in [3.05, 3.63) is 0 Å². The molecular weight excluding hydrogens is 612 g/mol. The smallest absolute Gasteiger partial charge is 1.00 e. The first-order valence-electron chi connectivity index (χ1n) is 0. The van der Waals surface area contributed by atoms with Gasteiger partial charge < -0.3 is 2.85 Å². The van der Waals surface area contributed by atoms with Gasteiger partial charge in [0.05, 0.1) is 0 Å². The average molecular weight is 614 g/mol. The van der Waals surface area contributed by atoms with Gasteiger partial charge in [0.15, 0.2) is 0 Å². The average Bonchev–Trinajstić information content (AvgIpc) is 0. The van der Waals surface area contributed by atoms with E-state index < -0.39 is 0 Å². The van der Waals surface area contributed by atoms with Gasteiger partial charge in [0, 0.05) is 128 Å². The summed E-state index contributed by atoms with van der Waals surface area (Å²) in [6, 6.07) is 0. The summed E-state index contributed by atoms with van der Waals surface area (Å²) in [6.07, 6.45) is 0. The minimum Gasteiger partial charge on any atom is -1.00 e. The van der Waals surface area contributed by atoms with Gasteiger partial charge in [-0.1, -0.05) is 0 Å². The molecule has 0 atom stereocenters. The maximum absolute atomic E-state index is 0. The Labute approximate surface area is 173 Å². The molecular formula is H2BaGdNdYb. The summed E-state index contributed by atoms with van der Waals surface area (Å²) >= 11 is 0. The Hall–Kier alpha value is 5.77. The van der Waals surface area contributed by atoms with E-state index in [0.717, 1.165) is 0 Å². The molecule has 0 aromatic rings. The minimum absolute atomic E-state index is 0. The van der Waals surface area contributed by atoms with Crippen LogP contribution in [0.15, 0.2) is 0 Å². The van der Waals surface area contributed by atoms with Crippen molar-refractivity contribution in [2.24, 2.45) is 0 Å². The van der Waals surface area contributed by atoms with Crippen molar-refractivity contribution < 1.29 is 131 Å². The van der Waals surface area contributed by atoms with Crippen molar-refractivity contribution in [1.82, 2.24) is 0 Å². The molecule has 0 saturated carbocycles. The van der Waals surface area contributed by atoms with Gasteiger partial charge in [-0.15, -0.1) is 0 Å². The summed E-state index contributed by atoms with van der Waals surface area (Å²) in [7, 11) is 0. The Bertz CT molecular complexity index is 13.5. The minimum atomic E-state index is 0. The number of hydrogen-bond acceptors (Lipinski definition) is 0. The van der Waals surface area contributed by atoms with E-state index in [9.17, 15) is 0 Å². The Kier molecular flexibility index (Phi) is 89.7. The fourth-order valence-electron chi connectivity index (χ4n) is 0. The SMILES string of the molecule is [Ba+2].[Gd].[H-].[H-].[Nd].[Yb]. The van der Waals surface area contributed by atoms with Gasteiger partial charge in [-0.3, -0.25) is 0 Å². The van der Waals surface area contributed by atoms with Gasteiger partial charge in [0.1, 0.15) is 0 Å². The molecule has 0 aromatic carbocycles. The number of rotatable bonds is 0. The number of hydrogen-bond donors (Lipinski definition) is 0. The fourth-order valence-corrected chi connectivity index (χ4v) is 0. The molecule has 0 nitrogen and oxygen atoms in total. The topological polar surface area (TPSA) is 0 Å². The van der Waals surface area contributed by atoms with Gasteiger partial charge in [-0.05, 0) is 0 Å². The van der Waals surface area contributed by atoms with Crippen molar-refractivity contribution in [2.75, 3.05) is 0 Å². The van der Waals surface area contributed by atoms with E-state index in [1.54, 1.807) is 0 Å². The zero-order valence-electron chi connectivity index (χ0n) is 3.83. The molecule has 0 spiro atoms. The zero-order valence-corrected chi connectivity index (χ0v) is 13.5. The van der Waals surface area contributed by atoms with E-state index in [1.165, 1.54) is 0 Å². The van der Waals surface area contributed by atoms with Crippen molar-refractivity contribution in [3.8, 4) is 0 Å². The molecule has 0 rings (SSSR count). The van der Waals surface area contributed by atoms with Crippen LogP contribution in [0.4, 0.5) is 0 Å². The van der Waals surface area contributed by atoms with Gasteiger partial charge in [-0.25, -0.2) is 0 Å². The fraction of sp³-hybridized carbons (Fsp3) is 0. The summed E-state index contributed by atoms with van der Waals surface area (Å²) in [5.74, 6) is 0. The molecule has 0 radical (unpaired) electrons. The van der Waals surface area contributed by atoms with Crippen LogP contribution in [0.25, 0.3) is 0 Å². The largest absolute Gasteiger partial charge is 2.00 e. The molecule has 30 valence electrons. The first-order chi connectivity index (χ1) is 0. The third-order valence-corrected chi connectivity index (χ3v) is 0. The first-order valence-corrected chi connectivity index (χ1v) is 0. The van der Waals surface area contributed by atoms with Crippen LogP contribution in [-0.4, -0.2) is 48.9 Å². The molecule has 0 aliphatic heterocycles. The van der Waals surface area contributed by atoms with Gasteiger partial charge in [-0.2, -0.15) is 0 Å². The molecule has 0 amide bonds. The molecule has 4 heteroatoms. The van der Waals surface area contributed by atoms with Crippen LogP contribution >= 0.6 is 0 Å². The van der Waals surface area contributed by atoms with Crippen LogP contribution in [0.2, 0.25) is 0 Å². The Morgan fingerprint density at radius 3 is 1.25 bits per heavy atom. The Balaban J connectivity index is 0. The van der Waals surface area contributed by atoms with E-state index >= 15 is 0 Å². The van der Waals surface area contributed by atoms with Crippen molar-refractivity contribution in [2.45, 2.75) is 0 Å². The first kappa shape index (κ1) is 22.6. The molecule has 0 N–H and O–H groups in total. The van der Waals surface area contributed by atoms with E-state index in [2.05, 4.69) is 0 Å². The van der Waals surface area contributed by atoms with Crippen LogP contribution in [0.5, 0.6) is 0 Å². The van der Waals surface area contributed by atoms with E-state index in [4.69, 9.17) is 0 Å². The molecule has 4 heavy (non-hydrogen) atoms. The predicted octanol–water partition coefficient (Wildman–Crippen LogP) is -0.156. The molecule has 0 bridgehead atoms.